The Hall–Kier alpha value is -5.94. The summed E-state index contributed by atoms with van der Waals surface area (Å²) in [5.74, 6) is 0.0220. The average Bonchev–Trinajstić information content (AvgIpc) is 3.26. The first-order valence-electron chi connectivity index (χ1n) is 21.6. The Kier molecular flexibility index (Phi) is 12.8. The molecule has 63 heavy (non-hydrogen) atoms. The lowest BCUT2D eigenvalue weighted by molar-refractivity contribution is -0.134. The summed E-state index contributed by atoms with van der Waals surface area (Å²) < 4.78 is 19.7. The number of benzene rings is 2. The number of fused-ring (bicyclic) bond motifs is 1. The van der Waals surface area contributed by atoms with Gasteiger partial charge in [-0.05, 0) is 101 Å². The topological polar surface area (TPSA) is 198 Å². The minimum absolute atomic E-state index is 0.0881. The summed E-state index contributed by atoms with van der Waals surface area (Å²) in [5, 5.41) is 12.0. The van der Waals surface area contributed by atoms with E-state index in [1.165, 1.54) is 7.05 Å². The number of carbonyl (C=O) groups excluding carboxylic acids is 4. The molecule has 2 aromatic carbocycles. The number of nitrogens with zero attached hydrogens (tertiary/aromatic N) is 5. The number of aromatic nitrogens is 3. The van der Waals surface area contributed by atoms with Crippen molar-refractivity contribution in [3.63, 3.8) is 0 Å². The fourth-order valence-electron chi connectivity index (χ4n) is 9.30. The summed E-state index contributed by atoms with van der Waals surface area (Å²) in [6.07, 6.45) is 8.20. The third kappa shape index (κ3) is 9.39. The number of piperidine rings is 3. The van der Waals surface area contributed by atoms with Crippen LogP contribution < -0.4 is 46.1 Å². The van der Waals surface area contributed by atoms with Crippen LogP contribution >= 0.6 is 11.6 Å². The number of rotatable bonds is 13. The van der Waals surface area contributed by atoms with E-state index in [4.69, 9.17) is 30.8 Å². The first-order valence-corrected chi connectivity index (χ1v) is 22.0. The maximum Gasteiger partial charge on any atom is 0.293 e. The standard InChI is InChI=1S/C45H54ClN9O8/c1-26(2)55-34-10-8-28(20-27(34)21-36(43(55)60)62-25-38(57)47-3)49-40-32(46)24-48-44(52-40)54-16-12-29(13-17-54)63-30-22-45(23-30)14-18-53(19-15-45)35-7-5-6-31(39(35)61-4)41(58)50-33-9-11-37(56)51-42(33)59/h5-8,10,20-21,24,26,29-30,33H,9,11-19,22-23,25H2,1-4H3,(H,47,57)(H,50,58)(H,48,49,52)(H,51,56,59). The average molecular weight is 884 g/mol. The van der Waals surface area contributed by atoms with Gasteiger partial charge in [-0.25, -0.2) is 4.98 Å². The normalized spacial score (nSPS) is 19.2. The summed E-state index contributed by atoms with van der Waals surface area (Å²) in [7, 11) is 3.06. The molecule has 17 nitrogen and oxygen atoms in total. The molecule has 1 saturated carbocycles. The van der Waals surface area contributed by atoms with Crippen molar-refractivity contribution >= 4 is 69.3 Å². The largest absolute Gasteiger partial charge is 0.494 e. The molecule has 4 amide bonds. The lowest BCUT2D eigenvalue weighted by Crippen LogP contribution is -2.52. The summed E-state index contributed by atoms with van der Waals surface area (Å²) in [6, 6.07) is 11.9. The van der Waals surface area contributed by atoms with Crippen LogP contribution in [0.2, 0.25) is 5.02 Å². The molecule has 4 N–H and O–H groups in total. The fourth-order valence-corrected chi connectivity index (χ4v) is 9.43. The van der Waals surface area contributed by atoms with Crippen LogP contribution in [0.1, 0.15) is 81.6 Å². The van der Waals surface area contributed by atoms with Gasteiger partial charge in [0.15, 0.2) is 23.9 Å². The highest BCUT2D eigenvalue weighted by Gasteiger charge is 2.47. The minimum atomic E-state index is -0.770. The van der Waals surface area contributed by atoms with Crippen LogP contribution in [0.15, 0.2) is 53.5 Å². The van der Waals surface area contributed by atoms with E-state index in [2.05, 4.69) is 36.1 Å². The van der Waals surface area contributed by atoms with Crippen LogP contribution in [-0.2, 0) is 19.1 Å². The molecule has 3 aliphatic heterocycles. The number of halogens is 1. The Morgan fingerprint density at radius 1 is 0.984 bits per heavy atom. The molecule has 4 aromatic rings. The van der Waals surface area contributed by atoms with Crippen LogP contribution in [0.3, 0.4) is 0 Å². The molecule has 0 radical (unpaired) electrons. The van der Waals surface area contributed by atoms with Crippen molar-refractivity contribution in [2.45, 2.75) is 89.5 Å². The minimum Gasteiger partial charge on any atom is -0.494 e. The third-order valence-corrected chi connectivity index (χ3v) is 13.0. The Labute approximate surface area is 370 Å². The predicted molar refractivity (Wildman–Crippen MR) is 238 cm³/mol. The second-order valence-corrected chi connectivity index (χ2v) is 17.6. The smallest absolute Gasteiger partial charge is 0.293 e. The number of likely N-dealkylation sites (N-methyl/N-ethyl adjacent to an activating group) is 1. The highest BCUT2D eigenvalue weighted by atomic mass is 35.5. The quantitative estimate of drug-likeness (QED) is 0.133. The number of pyridine rings is 1. The van der Waals surface area contributed by atoms with E-state index in [9.17, 15) is 24.0 Å². The summed E-state index contributed by atoms with van der Waals surface area (Å²) in [4.78, 5) is 76.0. The van der Waals surface area contributed by atoms with Crippen LogP contribution in [0.25, 0.3) is 10.9 Å². The van der Waals surface area contributed by atoms with Crippen LogP contribution in [0.5, 0.6) is 11.5 Å². The van der Waals surface area contributed by atoms with E-state index in [1.807, 2.05) is 44.2 Å². The number of ether oxygens (including phenoxy) is 3. The number of methoxy groups -OCH3 is 1. The lowest BCUT2D eigenvalue weighted by Gasteiger charge is -2.53. The van der Waals surface area contributed by atoms with E-state index in [1.54, 1.807) is 30.0 Å². The predicted octanol–water partition coefficient (Wildman–Crippen LogP) is 4.87. The van der Waals surface area contributed by atoms with Gasteiger partial charge in [0, 0.05) is 56.8 Å². The number of nitrogens with one attached hydrogen (secondary N) is 4. The molecule has 4 fully saturated rings. The number of carbonyl (C=O) groups is 4. The van der Waals surface area contributed by atoms with Gasteiger partial charge < -0.3 is 44.5 Å². The summed E-state index contributed by atoms with van der Waals surface area (Å²) >= 11 is 6.60. The van der Waals surface area contributed by atoms with Crippen LogP contribution in [-0.4, -0.2) is 103 Å². The van der Waals surface area contributed by atoms with Crippen molar-refractivity contribution in [2.24, 2.45) is 5.41 Å². The first kappa shape index (κ1) is 43.7. The Morgan fingerprint density at radius 3 is 2.44 bits per heavy atom. The van der Waals surface area contributed by atoms with Gasteiger partial charge >= 0.3 is 0 Å². The molecule has 3 saturated heterocycles. The van der Waals surface area contributed by atoms with E-state index >= 15 is 0 Å². The number of amides is 4. The number of para-hydroxylation sites is 1. The van der Waals surface area contributed by atoms with E-state index in [0.717, 1.165) is 81.3 Å². The Balaban J connectivity index is 0.829. The molecule has 1 unspecified atom stereocenters. The summed E-state index contributed by atoms with van der Waals surface area (Å²) in [5.41, 5.74) is 2.57. The van der Waals surface area contributed by atoms with Gasteiger partial charge in [-0.15, -0.1) is 0 Å². The molecule has 4 aliphatic rings. The van der Waals surface area contributed by atoms with Crippen molar-refractivity contribution < 1.29 is 33.4 Å². The van der Waals surface area contributed by atoms with Crippen molar-refractivity contribution in [3.8, 4) is 11.5 Å². The highest BCUT2D eigenvalue weighted by Crippen LogP contribution is 2.52. The van der Waals surface area contributed by atoms with Crippen molar-refractivity contribution in [1.29, 1.82) is 0 Å². The molecule has 1 aliphatic carbocycles. The maximum atomic E-state index is 13.3. The van der Waals surface area contributed by atoms with E-state index < -0.39 is 17.9 Å². The van der Waals surface area contributed by atoms with Crippen LogP contribution in [0, 0.1) is 5.41 Å². The monoisotopic (exact) mass is 883 g/mol. The zero-order valence-corrected chi connectivity index (χ0v) is 36.8. The maximum absolute atomic E-state index is 13.3. The SMILES string of the molecule is CNC(=O)COc1cc2cc(Nc3nc(N4CCC(OC5CC6(CCN(c7cccc(C(=O)NC8CCC(=O)NC8=O)c7OC)CC6)C5)CC4)ncc3Cl)ccc2n(C(C)C)c1=O. The molecule has 2 aromatic heterocycles. The molecular formula is C45H54ClN9O8. The van der Waals surface area contributed by atoms with E-state index in [0.29, 0.717) is 33.8 Å². The van der Waals surface area contributed by atoms with Crippen LogP contribution in [0.4, 0.5) is 23.1 Å². The molecule has 1 atom stereocenters. The van der Waals surface area contributed by atoms with Gasteiger partial charge in [-0.2, -0.15) is 4.98 Å². The number of anilines is 4. The van der Waals surface area contributed by atoms with Gasteiger partial charge in [0.25, 0.3) is 17.4 Å². The molecular weight excluding hydrogens is 830 g/mol. The molecule has 334 valence electrons. The molecule has 8 rings (SSSR count). The van der Waals surface area contributed by atoms with Crippen molar-refractivity contribution in [3.05, 3.63) is 69.6 Å². The van der Waals surface area contributed by atoms with Crippen molar-refractivity contribution in [1.82, 2.24) is 30.5 Å². The highest BCUT2D eigenvalue weighted by molar-refractivity contribution is 6.33. The van der Waals surface area contributed by atoms with Crippen molar-refractivity contribution in [2.75, 3.05) is 62.1 Å². The Bertz CT molecular complexity index is 2460. The number of imide groups is 1. The van der Waals surface area contributed by atoms with Gasteiger partial charge in [-0.1, -0.05) is 17.7 Å². The third-order valence-electron chi connectivity index (χ3n) is 12.7. The van der Waals surface area contributed by atoms with Gasteiger partial charge in [0.05, 0.1) is 42.3 Å². The van der Waals surface area contributed by atoms with Gasteiger partial charge in [0.2, 0.25) is 17.8 Å². The molecule has 18 heteroatoms. The number of hydrogen-bond donors (Lipinski definition) is 4. The Morgan fingerprint density at radius 2 is 1.75 bits per heavy atom. The molecule has 0 bridgehead atoms. The summed E-state index contributed by atoms with van der Waals surface area (Å²) in [6.45, 7) is 6.71. The zero-order chi connectivity index (χ0) is 44.4. The number of hydrogen-bond acceptors (Lipinski definition) is 13. The van der Waals surface area contributed by atoms with Gasteiger partial charge in [0.1, 0.15) is 11.1 Å². The molecule has 5 heterocycles. The second-order valence-electron chi connectivity index (χ2n) is 17.2. The molecule has 1 spiro atoms. The lowest BCUT2D eigenvalue weighted by atomic mass is 9.61. The first-order chi connectivity index (χ1) is 30.3. The zero-order valence-electron chi connectivity index (χ0n) is 36.0. The second kappa shape index (κ2) is 18.4. The van der Waals surface area contributed by atoms with E-state index in [-0.39, 0.29) is 66.2 Å². The fraction of sp³-hybridized carbons (Fsp3) is 0.489. The van der Waals surface area contributed by atoms with Gasteiger partial charge in [-0.3, -0.25) is 29.3 Å².